The van der Waals surface area contributed by atoms with E-state index in [-0.39, 0.29) is 16.6 Å². The minimum absolute atomic E-state index is 0.0243. The molecule has 0 aliphatic heterocycles. The fourth-order valence-electron chi connectivity index (χ4n) is 2.32. The van der Waals surface area contributed by atoms with Gasteiger partial charge < -0.3 is 10.1 Å². The van der Waals surface area contributed by atoms with Gasteiger partial charge in [0.05, 0.1) is 5.75 Å². The molecule has 3 aromatic rings. The fraction of sp³-hybridized carbons (Fsp3) is 0.263. The van der Waals surface area contributed by atoms with Crippen molar-refractivity contribution in [2.45, 2.75) is 31.6 Å². The number of anilines is 2. The predicted octanol–water partition coefficient (Wildman–Crippen LogP) is 4.99. The number of hydrogen-bond donors (Lipinski definition) is 1. The number of rotatable bonds is 7. The molecule has 0 aliphatic carbocycles. The zero-order valence-electron chi connectivity index (χ0n) is 15.3. The second-order valence-corrected chi connectivity index (χ2v) is 9.21. The summed E-state index contributed by atoms with van der Waals surface area (Å²) in [5, 5.41) is 3.94. The van der Waals surface area contributed by atoms with E-state index < -0.39 is 9.84 Å². The van der Waals surface area contributed by atoms with E-state index in [9.17, 15) is 8.42 Å². The Balaban J connectivity index is 1.75. The summed E-state index contributed by atoms with van der Waals surface area (Å²) in [5.74, 6) is 2.00. The van der Waals surface area contributed by atoms with Crippen LogP contribution in [0, 0.1) is 0 Å². The van der Waals surface area contributed by atoms with E-state index in [0.717, 1.165) is 16.6 Å². The first kappa shape index (κ1) is 19.3. The molecule has 0 amide bonds. The zero-order chi connectivity index (χ0) is 19.4. The van der Waals surface area contributed by atoms with Crippen LogP contribution in [0.4, 0.5) is 10.8 Å². The van der Waals surface area contributed by atoms with Gasteiger partial charge in [-0.2, -0.15) is 4.37 Å². The Hall–Kier alpha value is -2.45. The van der Waals surface area contributed by atoms with Crippen molar-refractivity contribution in [2.75, 3.05) is 11.1 Å². The maximum atomic E-state index is 12.2. The van der Waals surface area contributed by atoms with Crippen LogP contribution in [0.1, 0.15) is 32.5 Å². The first-order valence-corrected chi connectivity index (χ1v) is 11.0. The van der Waals surface area contributed by atoms with Gasteiger partial charge in [-0.05, 0) is 36.4 Å². The molecule has 0 aliphatic rings. The molecule has 0 atom stereocenters. The lowest BCUT2D eigenvalue weighted by atomic mass is 10.2. The van der Waals surface area contributed by atoms with E-state index >= 15 is 0 Å². The Labute approximate surface area is 163 Å². The minimum atomic E-state index is -3.35. The van der Waals surface area contributed by atoms with Gasteiger partial charge in [-0.1, -0.05) is 32.9 Å². The molecule has 1 N–H and O–H groups in total. The van der Waals surface area contributed by atoms with E-state index in [1.54, 1.807) is 43.3 Å². The van der Waals surface area contributed by atoms with Crippen molar-refractivity contribution in [1.29, 1.82) is 0 Å². The van der Waals surface area contributed by atoms with E-state index in [2.05, 4.69) is 28.5 Å². The average Bonchev–Trinajstić information content (AvgIpc) is 3.12. The third-order valence-corrected chi connectivity index (χ3v) is 6.27. The highest BCUT2D eigenvalue weighted by Gasteiger charge is 2.17. The number of aromatic nitrogens is 2. The van der Waals surface area contributed by atoms with Crippen molar-refractivity contribution in [3.05, 3.63) is 54.4 Å². The summed E-state index contributed by atoms with van der Waals surface area (Å²) < 4.78 is 34.6. The number of sulfone groups is 1. The number of benzene rings is 2. The lowest BCUT2D eigenvalue weighted by Gasteiger charge is -2.11. The van der Waals surface area contributed by atoms with E-state index in [1.165, 1.54) is 11.5 Å². The highest BCUT2D eigenvalue weighted by atomic mass is 32.2. The first-order chi connectivity index (χ1) is 12.9. The second-order valence-electron chi connectivity index (χ2n) is 6.21. The van der Waals surface area contributed by atoms with Crippen molar-refractivity contribution >= 4 is 32.2 Å². The average molecular weight is 404 g/mol. The minimum Gasteiger partial charge on any atom is -0.456 e. The molecule has 142 valence electrons. The van der Waals surface area contributed by atoms with Crippen LogP contribution in [0.15, 0.2) is 53.4 Å². The Bertz CT molecular complexity index is 1010. The van der Waals surface area contributed by atoms with Crippen molar-refractivity contribution in [1.82, 2.24) is 9.36 Å². The summed E-state index contributed by atoms with van der Waals surface area (Å²) >= 11 is 1.32. The molecular weight excluding hydrogens is 382 g/mol. The molecule has 1 aromatic heterocycles. The van der Waals surface area contributed by atoms with Gasteiger partial charge in [-0.3, -0.25) is 0 Å². The van der Waals surface area contributed by atoms with Gasteiger partial charge in [-0.25, -0.2) is 13.4 Å². The molecule has 0 spiro atoms. The molecule has 0 radical (unpaired) electrons. The number of ether oxygens (including phenoxy) is 1. The Morgan fingerprint density at radius 2 is 1.81 bits per heavy atom. The molecule has 0 saturated carbocycles. The summed E-state index contributed by atoms with van der Waals surface area (Å²) in [6.45, 7) is 5.72. The second kappa shape index (κ2) is 8.06. The molecule has 0 fully saturated rings. The van der Waals surface area contributed by atoms with E-state index in [4.69, 9.17) is 4.74 Å². The summed E-state index contributed by atoms with van der Waals surface area (Å²) in [6.07, 6.45) is 0. The lowest BCUT2D eigenvalue weighted by molar-refractivity contribution is 0.467. The van der Waals surface area contributed by atoms with Gasteiger partial charge in [0, 0.05) is 23.1 Å². The number of nitrogens with one attached hydrogen (secondary N) is 1. The van der Waals surface area contributed by atoms with Gasteiger partial charge in [-0.15, -0.1) is 0 Å². The molecule has 6 nitrogen and oxygen atoms in total. The van der Waals surface area contributed by atoms with Crippen LogP contribution >= 0.6 is 11.5 Å². The monoisotopic (exact) mass is 403 g/mol. The van der Waals surface area contributed by atoms with Crippen molar-refractivity contribution in [2.24, 2.45) is 0 Å². The first-order valence-electron chi connectivity index (χ1n) is 8.59. The fourth-order valence-corrected chi connectivity index (χ4v) is 4.07. The van der Waals surface area contributed by atoms with Crippen LogP contribution in [0.25, 0.3) is 0 Å². The van der Waals surface area contributed by atoms with Crippen LogP contribution in [-0.4, -0.2) is 23.5 Å². The number of hydrogen-bond acceptors (Lipinski definition) is 7. The molecule has 0 unspecified atom stereocenters. The normalized spacial score (nSPS) is 11.6. The zero-order valence-corrected chi connectivity index (χ0v) is 17.0. The summed E-state index contributed by atoms with van der Waals surface area (Å²) in [7, 11) is -3.35. The molecule has 0 saturated heterocycles. The highest BCUT2D eigenvalue weighted by Crippen LogP contribution is 2.30. The van der Waals surface area contributed by atoms with Crippen LogP contribution in [0.3, 0.4) is 0 Å². The molecule has 1 heterocycles. The Morgan fingerprint density at radius 1 is 1.11 bits per heavy atom. The smallest absolute Gasteiger partial charge is 0.207 e. The summed E-state index contributed by atoms with van der Waals surface area (Å²) in [4.78, 5) is 4.64. The highest BCUT2D eigenvalue weighted by molar-refractivity contribution is 7.91. The Kier molecular flexibility index (Phi) is 5.76. The molecule has 0 bridgehead atoms. The van der Waals surface area contributed by atoms with E-state index in [1.807, 2.05) is 12.1 Å². The maximum absolute atomic E-state index is 12.2. The lowest BCUT2D eigenvalue weighted by Crippen LogP contribution is -2.05. The molecule has 8 heteroatoms. The van der Waals surface area contributed by atoms with Gasteiger partial charge in [0.15, 0.2) is 9.84 Å². The van der Waals surface area contributed by atoms with Gasteiger partial charge in [0.25, 0.3) is 0 Å². The SMILES string of the molecule is CCS(=O)(=O)c1ccccc1Oc1ccc(Nc2nc(C(C)C)ns2)cc1. The van der Waals surface area contributed by atoms with Gasteiger partial charge in [0.1, 0.15) is 22.2 Å². The van der Waals surface area contributed by atoms with Crippen molar-refractivity contribution < 1.29 is 13.2 Å². The van der Waals surface area contributed by atoms with Crippen molar-refractivity contribution in [3.8, 4) is 11.5 Å². The summed E-state index contributed by atoms with van der Waals surface area (Å²) in [5.41, 5.74) is 0.850. The van der Waals surface area contributed by atoms with Crippen LogP contribution < -0.4 is 10.1 Å². The number of nitrogens with zero attached hydrogens (tertiary/aromatic N) is 2. The molecular formula is C19H21N3O3S2. The molecule has 3 rings (SSSR count). The van der Waals surface area contributed by atoms with Crippen LogP contribution in [-0.2, 0) is 9.84 Å². The van der Waals surface area contributed by atoms with Gasteiger partial charge >= 0.3 is 0 Å². The van der Waals surface area contributed by atoms with Crippen LogP contribution in [0.2, 0.25) is 0 Å². The van der Waals surface area contributed by atoms with Crippen LogP contribution in [0.5, 0.6) is 11.5 Å². The molecule has 2 aromatic carbocycles. The third-order valence-electron chi connectivity index (χ3n) is 3.86. The predicted molar refractivity (Wildman–Crippen MR) is 108 cm³/mol. The Morgan fingerprint density at radius 3 is 2.44 bits per heavy atom. The van der Waals surface area contributed by atoms with Crippen molar-refractivity contribution in [3.63, 3.8) is 0 Å². The summed E-state index contributed by atoms with van der Waals surface area (Å²) in [6, 6.07) is 13.9. The maximum Gasteiger partial charge on any atom is 0.207 e. The van der Waals surface area contributed by atoms with Gasteiger partial charge in [0.2, 0.25) is 5.13 Å². The quantitative estimate of drug-likeness (QED) is 0.598. The topological polar surface area (TPSA) is 81.2 Å². The molecule has 27 heavy (non-hydrogen) atoms. The number of para-hydroxylation sites is 1. The largest absolute Gasteiger partial charge is 0.456 e. The third kappa shape index (κ3) is 4.64. The van der Waals surface area contributed by atoms with E-state index in [0.29, 0.717) is 11.5 Å². The standard InChI is InChI=1S/C19H21N3O3S2/c1-4-27(23,24)17-8-6-5-7-16(17)25-15-11-9-14(10-12-15)20-19-21-18(13(2)3)22-26-19/h5-13H,4H2,1-3H3,(H,20,21,22).